The van der Waals surface area contributed by atoms with Gasteiger partial charge in [0.25, 0.3) is 11.1 Å². The van der Waals surface area contributed by atoms with Crippen LogP contribution in [0.1, 0.15) is 10.4 Å². The first kappa shape index (κ1) is 21.2. The summed E-state index contributed by atoms with van der Waals surface area (Å²) >= 11 is 1.09. The fourth-order valence-corrected chi connectivity index (χ4v) is 3.20. The number of pyridine rings is 1. The monoisotopic (exact) mass is 449 g/mol. The van der Waals surface area contributed by atoms with E-state index in [9.17, 15) is 14.0 Å². The first-order valence-electron chi connectivity index (χ1n) is 9.40. The molecule has 0 aliphatic rings. The predicted octanol–water partition coefficient (Wildman–Crippen LogP) is 4.25. The van der Waals surface area contributed by atoms with Crippen molar-refractivity contribution in [3.63, 3.8) is 0 Å². The van der Waals surface area contributed by atoms with Crippen LogP contribution < -0.4 is 10.6 Å². The Morgan fingerprint density at radius 3 is 2.38 bits per heavy atom. The first-order chi connectivity index (χ1) is 15.6. The van der Waals surface area contributed by atoms with Crippen molar-refractivity contribution in [3.8, 4) is 11.5 Å². The lowest BCUT2D eigenvalue weighted by atomic mass is 10.2. The smallest absolute Gasteiger partial charge is 0.277 e. The minimum Gasteiger partial charge on any atom is -0.411 e. The molecule has 0 atom stereocenters. The van der Waals surface area contributed by atoms with Crippen molar-refractivity contribution in [2.24, 2.45) is 0 Å². The second kappa shape index (κ2) is 9.84. The Morgan fingerprint density at radius 1 is 0.938 bits per heavy atom. The van der Waals surface area contributed by atoms with Crippen molar-refractivity contribution in [1.82, 2.24) is 15.2 Å². The number of hydrogen-bond acceptors (Lipinski definition) is 7. The van der Waals surface area contributed by atoms with Gasteiger partial charge in [0.1, 0.15) is 5.82 Å². The number of amides is 2. The average Bonchev–Trinajstić information content (AvgIpc) is 3.29. The Labute approximate surface area is 186 Å². The lowest BCUT2D eigenvalue weighted by Crippen LogP contribution is -2.13. The molecule has 0 radical (unpaired) electrons. The highest BCUT2D eigenvalue weighted by Gasteiger charge is 2.12. The second-order valence-corrected chi connectivity index (χ2v) is 7.42. The number of hydrogen-bond donors (Lipinski definition) is 2. The van der Waals surface area contributed by atoms with Gasteiger partial charge in [-0.05, 0) is 60.7 Å². The van der Waals surface area contributed by atoms with Gasteiger partial charge in [0, 0.05) is 29.3 Å². The van der Waals surface area contributed by atoms with E-state index in [1.54, 1.807) is 42.6 Å². The van der Waals surface area contributed by atoms with Gasteiger partial charge in [0.2, 0.25) is 11.8 Å². The Morgan fingerprint density at radius 2 is 1.66 bits per heavy atom. The van der Waals surface area contributed by atoms with Crippen LogP contribution in [0.4, 0.5) is 15.8 Å². The molecule has 160 valence electrons. The molecule has 0 bridgehead atoms. The van der Waals surface area contributed by atoms with E-state index < -0.39 is 0 Å². The molecule has 4 rings (SSSR count). The summed E-state index contributed by atoms with van der Waals surface area (Å²) in [6.45, 7) is 0. The molecule has 4 aromatic rings. The molecule has 0 unspecified atom stereocenters. The largest absolute Gasteiger partial charge is 0.411 e. The Bertz CT molecular complexity index is 1210. The summed E-state index contributed by atoms with van der Waals surface area (Å²) in [6.07, 6.45) is 3.09. The molecule has 0 spiro atoms. The summed E-state index contributed by atoms with van der Waals surface area (Å²) in [5, 5.41) is 13.6. The van der Waals surface area contributed by atoms with Crippen LogP contribution in [-0.2, 0) is 4.79 Å². The fraction of sp³-hybridized carbons (Fsp3) is 0.0455. The van der Waals surface area contributed by atoms with E-state index in [4.69, 9.17) is 4.42 Å². The fourth-order valence-electron chi connectivity index (χ4n) is 2.64. The van der Waals surface area contributed by atoms with Gasteiger partial charge in [-0.2, -0.15) is 0 Å². The maximum Gasteiger partial charge on any atom is 0.277 e. The summed E-state index contributed by atoms with van der Waals surface area (Å²) < 4.78 is 18.5. The number of rotatable bonds is 7. The maximum atomic E-state index is 12.9. The van der Waals surface area contributed by atoms with Gasteiger partial charge >= 0.3 is 0 Å². The highest BCUT2D eigenvalue weighted by molar-refractivity contribution is 7.99. The van der Waals surface area contributed by atoms with Crippen molar-refractivity contribution in [2.45, 2.75) is 5.22 Å². The Hall–Kier alpha value is -4.05. The summed E-state index contributed by atoms with van der Waals surface area (Å²) in [7, 11) is 0. The van der Waals surface area contributed by atoms with Crippen LogP contribution in [0.3, 0.4) is 0 Å². The quantitative estimate of drug-likeness (QED) is 0.406. The van der Waals surface area contributed by atoms with Crippen LogP contribution in [0.2, 0.25) is 0 Å². The molecule has 2 heterocycles. The highest BCUT2D eigenvalue weighted by Crippen LogP contribution is 2.24. The number of anilines is 2. The second-order valence-electron chi connectivity index (χ2n) is 6.49. The molecule has 2 aromatic heterocycles. The molecule has 10 heteroatoms. The minimum absolute atomic E-state index is 0.0539. The van der Waals surface area contributed by atoms with Crippen LogP contribution in [0.15, 0.2) is 82.7 Å². The topological polar surface area (TPSA) is 110 Å². The number of thioether (sulfide) groups is 1. The van der Waals surface area contributed by atoms with Gasteiger partial charge in [-0.25, -0.2) is 4.39 Å². The maximum absolute atomic E-state index is 12.9. The zero-order valence-electron chi connectivity index (χ0n) is 16.5. The number of halogens is 1. The van der Waals surface area contributed by atoms with Crippen molar-refractivity contribution in [2.75, 3.05) is 16.4 Å². The van der Waals surface area contributed by atoms with Gasteiger partial charge in [0.05, 0.1) is 11.3 Å². The van der Waals surface area contributed by atoms with E-state index in [1.807, 2.05) is 0 Å². The van der Waals surface area contributed by atoms with Gasteiger partial charge in [0.15, 0.2) is 0 Å². The van der Waals surface area contributed by atoms with Crippen molar-refractivity contribution in [3.05, 3.63) is 84.4 Å². The van der Waals surface area contributed by atoms with E-state index in [-0.39, 0.29) is 34.5 Å². The third-order valence-electron chi connectivity index (χ3n) is 4.17. The SMILES string of the molecule is O=C(CSc1nnc(-c2ccc(NC(=O)c3cccnc3)cc2)o1)Nc1ccc(F)cc1. The summed E-state index contributed by atoms with van der Waals surface area (Å²) in [4.78, 5) is 28.1. The minimum atomic E-state index is -0.375. The Balaban J connectivity index is 1.31. The molecule has 0 aliphatic heterocycles. The number of benzene rings is 2. The predicted molar refractivity (Wildman–Crippen MR) is 118 cm³/mol. The molecule has 2 aromatic carbocycles. The standard InChI is InChI=1S/C22H16FN5O3S/c23-16-5-9-17(10-6-16)25-19(29)13-32-22-28-27-21(31-22)14-3-7-18(8-4-14)26-20(30)15-2-1-11-24-12-15/h1-12H,13H2,(H,25,29)(H,26,30). The van der Waals surface area contributed by atoms with Crippen molar-refractivity contribution < 1.29 is 18.4 Å². The zero-order valence-corrected chi connectivity index (χ0v) is 17.3. The van der Waals surface area contributed by atoms with E-state index in [0.29, 0.717) is 22.5 Å². The van der Waals surface area contributed by atoms with Crippen LogP contribution in [-0.4, -0.2) is 32.7 Å². The van der Waals surface area contributed by atoms with Gasteiger partial charge in [-0.1, -0.05) is 11.8 Å². The molecule has 0 saturated heterocycles. The Kier molecular flexibility index (Phi) is 6.52. The summed E-state index contributed by atoms with van der Waals surface area (Å²) in [6, 6.07) is 15.8. The third kappa shape index (κ3) is 5.55. The van der Waals surface area contributed by atoms with Gasteiger partial charge in [-0.3, -0.25) is 14.6 Å². The van der Waals surface area contributed by atoms with Crippen LogP contribution >= 0.6 is 11.8 Å². The average molecular weight is 449 g/mol. The first-order valence-corrected chi connectivity index (χ1v) is 10.4. The van der Waals surface area contributed by atoms with Crippen LogP contribution in [0.5, 0.6) is 0 Å². The number of carbonyl (C=O) groups excluding carboxylic acids is 2. The summed E-state index contributed by atoms with van der Waals surface area (Å²) in [5.41, 5.74) is 2.23. The van der Waals surface area contributed by atoms with Crippen LogP contribution in [0, 0.1) is 5.82 Å². The van der Waals surface area contributed by atoms with Crippen LogP contribution in [0.25, 0.3) is 11.5 Å². The highest BCUT2D eigenvalue weighted by atomic mass is 32.2. The number of aromatic nitrogens is 3. The van der Waals surface area contributed by atoms with E-state index in [2.05, 4.69) is 25.8 Å². The molecular formula is C22H16FN5O3S. The normalized spacial score (nSPS) is 10.5. The lowest BCUT2D eigenvalue weighted by Gasteiger charge is -2.05. The molecule has 2 N–H and O–H groups in total. The molecule has 32 heavy (non-hydrogen) atoms. The number of nitrogens with one attached hydrogen (secondary N) is 2. The van der Waals surface area contributed by atoms with Crippen molar-refractivity contribution >= 4 is 35.0 Å². The molecule has 0 fully saturated rings. The molecule has 0 saturated carbocycles. The molecule has 2 amide bonds. The molecule has 0 aliphatic carbocycles. The molecular weight excluding hydrogens is 433 g/mol. The summed E-state index contributed by atoms with van der Waals surface area (Å²) in [5.74, 6) is -0.578. The lowest BCUT2D eigenvalue weighted by molar-refractivity contribution is -0.113. The van der Waals surface area contributed by atoms with E-state index >= 15 is 0 Å². The zero-order chi connectivity index (χ0) is 22.3. The third-order valence-corrected chi connectivity index (χ3v) is 4.99. The van der Waals surface area contributed by atoms with Gasteiger partial charge in [-0.15, -0.1) is 10.2 Å². The molecule has 8 nitrogen and oxygen atoms in total. The van der Waals surface area contributed by atoms with E-state index in [0.717, 1.165) is 11.8 Å². The van der Waals surface area contributed by atoms with Crippen molar-refractivity contribution in [1.29, 1.82) is 0 Å². The van der Waals surface area contributed by atoms with Gasteiger partial charge < -0.3 is 15.1 Å². The number of carbonyl (C=O) groups is 2. The number of nitrogens with zero attached hydrogens (tertiary/aromatic N) is 3. The van der Waals surface area contributed by atoms with E-state index in [1.165, 1.54) is 30.5 Å².